The van der Waals surface area contributed by atoms with Crippen LogP contribution in [0.3, 0.4) is 0 Å². The molecule has 0 saturated carbocycles. The third-order valence-corrected chi connectivity index (χ3v) is 0.236. The molecule has 0 saturated heterocycles. The van der Waals surface area contributed by atoms with Gasteiger partial charge in [-0.25, -0.2) is 0 Å². The molecule has 0 aliphatic heterocycles. The molecule has 0 heterocycles. The zero-order valence-electron chi connectivity index (χ0n) is 6.14. The molecule has 0 aliphatic carbocycles. The smallest absolute Gasteiger partial charge is 0.542 e. The predicted octanol–water partition coefficient (Wildman–Crippen LogP) is 0.841. The Labute approximate surface area is 76.3 Å². The second-order valence-corrected chi connectivity index (χ2v) is 1.79. The fourth-order valence-electron chi connectivity index (χ4n) is 0. The van der Waals surface area contributed by atoms with E-state index in [1.54, 1.807) is 20.1 Å². The monoisotopic (exact) mass is 238 g/mol. The zero-order valence-corrected chi connectivity index (χ0v) is 7.62. The Morgan fingerprint density at radius 2 is 1.60 bits per heavy atom. The van der Waals surface area contributed by atoms with Gasteiger partial charge in [-0.15, -0.1) is 5.92 Å². The van der Waals surface area contributed by atoms with Gasteiger partial charge in [-0.1, -0.05) is 13.8 Å². The Morgan fingerprint density at radius 1 is 1.50 bits per heavy atom. The van der Waals surface area contributed by atoms with E-state index in [4.69, 9.17) is 9.90 Å². The van der Waals surface area contributed by atoms with E-state index in [2.05, 4.69) is 0 Å². The van der Waals surface area contributed by atoms with Gasteiger partial charge in [0.25, 0.3) is 5.97 Å². The van der Waals surface area contributed by atoms with Crippen LogP contribution in [0, 0.1) is 5.92 Å². The maximum atomic E-state index is 9.38. The maximum Gasteiger partial charge on any atom is 1.00 e. The molecule has 1 N–H and O–H groups in total. The minimum Gasteiger partial charge on any atom is -0.542 e. The minimum absolute atomic E-state index is 0. The van der Waals surface area contributed by atoms with Crippen molar-refractivity contribution >= 4 is 12.3 Å². The number of rotatable bonds is 1. The molecule has 64 valence electrons. The number of hydrogen-bond donors (Lipinski definition) is 1. The number of carboxylic acid groups (broad SMARTS) is 1. The van der Waals surface area contributed by atoms with Crippen LogP contribution in [0.5, 0.6) is 0 Å². The molecule has 0 unspecified atom stereocenters. The first-order valence-corrected chi connectivity index (χ1v) is 2.58. The van der Waals surface area contributed by atoms with Gasteiger partial charge in [0.05, 0.1) is 0 Å². The second-order valence-electron chi connectivity index (χ2n) is 1.79. The van der Waals surface area contributed by atoms with Crippen molar-refractivity contribution in [2.45, 2.75) is 20.8 Å². The zero-order chi connectivity index (χ0) is 7.86. The van der Waals surface area contributed by atoms with Gasteiger partial charge in [0.15, 0.2) is 0 Å². The molecule has 0 aromatic rings. The van der Waals surface area contributed by atoms with Crippen molar-refractivity contribution in [3.63, 3.8) is 0 Å². The first-order valence-electron chi connectivity index (χ1n) is 2.58. The van der Waals surface area contributed by atoms with Crippen molar-refractivity contribution in [3.8, 4) is 0 Å². The van der Waals surface area contributed by atoms with E-state index in [9.17, 15) is 4.79 Å². The van der Waals surface area contributed by atoms with Crippen LogP contribution in [-0.2, 0) is 32.0 Å². The summed E-state index contributed by atoms with van der Waals surface area (Å²) in [5, 5.41) is 7.42. The van der Waals surface area contributed by atoms with Crippen LogP contribution < -0.4 is 0 Å². The first kappa shape index (κ1) is 16.5. The van der Waals surface area contributed by atoms with Gasteiger partial charge in [0.1, 0.15) is 0 Å². The van der Waals surface area contributed by atoms with Gasteiger partial charge < -0.3 is 9.90 Å². The number of carbonyl (C=O) groups is 1. The topological polar surface area (TPSA) is 54.4 Å². The molecule has 0 spiro atoms. The standard InChI is InChI=1S/C4H7O.C2H4O2.Ag/c1-4(2)3-5;1-2(3)4;/h4H,1-2H3;1H3,(H,3,4);/q-1;;+1. The van der Waals surface area contributed by atoms with E-state index in [1.807, 2.05) is 0 Å². The summed E-state index contributed by atoms with van der Waals surface area (Å²) < 4.78 is 0. The van der Waals surface area contributed by atoms with Crippen LogP contribution in [0.4, 0.5) is 0 Å². The van der Waals surface area contributed by atoms with E-state index in [0.29, 0.717) is 0 Å². The fraction of sp³-hybridized carbons (Fsp3) is 0.667. The molecule has 0 radical (unpaired) electrons. The third kappa shape index (κ3) is 106. The second kappa shape index (κ2) is 11.6. The Balaban J connectivity index is -0.0000000910. The molecule has 3 nitrogen and oxygen atoms in total. The van der Waals surface area contributed by atoms with Crippen LogP contribution in [0.2, 0.25) is 0 Å². The molecular weight excluding hydrogens is 228 g/mol. The van der Waals surface area contributed by atoms with Gasteiger partial charge in [-0.05, 0) is 0 Å². The average molecular weight is 239 g/mol. The normalized spacial score (nSPS) is 6.80. The molecule has 0 rings (SSSR count). The first-order chi connectivity index (χ1) is 4.00. The van der Waals surface area contributed by atoms with Crippen molar-refractivity contribution in [2.75, 3.05) is 0 Å². The van der Waals surface area contributed by atoms with Crippen LogP contribution in [0.1, 0.15) is 20.8 Å². The molecule has 0 atom stereocenters. The summed E-state index contributed by atoms with van der Waals surface area (Å²) >= 11 is 0. The van der Waals surface area contributed by atoms with Crippen LogP contribution in [0.15, 0.2) is 0 Å². The summed E-state index contributed by atoms with van der Waals surface area (Å²) in [4.78, 5) is 18.4. The van der Waals surface area contributed by atoms with E-state index in [-0.39, 0.29) is 28.3 Å². The summed E-state index contributed by atoms with van der Waals surface area (Å²) in [5.74, 6) is -0.755. The molecule has 0 fully saturated rings. The molecule has 10 heavy (non-hydrogen) atoms. The summed E-state index contributed by atoms with van der Waals surface area (Å²) in [5.41, 5.74) is 0. The third-order valence-electron chi connectivity index (χ3n) is 0.236. The number of carboxylic acids is 1. The van der Waals surface area contributed by atoms with Crippen molar-refractivity contribution in [1.29, 1.82) is 0 Å². The largest absolute Gasteiger partial charge is 1.00 e. The molecule has 0 aliphatic rings. The molecule has 4 heteroatoms. The van der Waals surface area contributed by atoms with Crippen LogP contribution in [0.25, 0.3) is 0 Å². The van der Waals surface area contributed by atoms with Gasteiger partial charge in [0, 0.05) is 6.92 Å². The average Bonchev–Trinajstić information content (AvgIpc) is 1.65. The van der Waals surface area contributed by atoms with Crippen LogP contribution >= 0.6 is 0 Å². The molecular formula is C6H11AgO3. The Hall–Kier alpha value is -0.120. The Morgan fingerprint density at radius 3 is 1.60 bits per heavy atom. The van der Waals surface area contributed by atoms with E-state index < -0.39 is 5.97 Å². The summed E-state index contributed by atoms with van der Waals surface area (Å²) in [7, 11) is 0. The van der Waals surface area contributed by atoms with Crippen LogP contribution in [-0.4, -0.2) is 17.4 Å². The Kier molecular flexibility index (Phi) is 19.2. The Bertz CT molecular complexity index is 87.0. The van der Waals surface area contributed by atoms with Gasteiger partial charge in [-0.3, -0.25) is 11.1 Å². The summed E-state index contributed by atoms with van der Waals surface area (Å²) in [6.45, 7) is 4.68. The number of aliphatic carboxylic acids is 1. The van der Waals surface area contributed by atoms with E-state index in [0.717, 1.165) is 6.92 Å². The summed E-state index contributed by atoms with van der Waals surface area (Å²) in [6.07, 6.45) is 1.78. The summed E-state index contributed by atoms with van der Waals surface area (Å²) in [6, 6.07) is 0. The molecule has 0 amide bonds. The number of hydrogen-bond acceptors (Lipinski definition) is 2. The minimum atomic E-state index is -0.833. The maximum absolute atomic E-state index is 9.38. The molecule has 0 aromatic carbocycles. The van der Waals surface area contributed by atoms with Gasteiger partial charge in [-0.2, -0.15) is 0 Å². The van der Waals surface area contributed by atoms with E-state index >= 15 is 0 Å². The van der Waals surface area contributed by atoms with E-state index in [1.165, 1.54) is 0 Å². The predicted molar refractivity (Wildman–Crippen MR) is 33.8 cm³/mol. The SMILES string of the molecule is CC(=O)O.CC(C)[C-]=O.[Ag+]. The molecule has 0 bridgehead atoms. The van der Waals surface area contributed by atoms with Gasteiger partial charge in [0.2, 0.25) is 0 Å². The fourth-order valence-corrected chi connectivity index (χ4v) is 0. The van der Waals surface area contributed by atoms with Crippen molar-refractivity contribution in [1.82, 2.24) is 0 Å². The quantitative estimate of drug-likeness (QED) is 0.544. The molecule has 0 aromatic heterocycles. The van der Waals surface area contributed by atoms with Crippen molar-refractivity contribution < 1.29 is 37.1 Å². The van der Waals surface area contributed by atoms with Crippen molar-refractivity contribution in [2.24, 2.45) is 5.92 Å². The van der Waals surface area contributed by atoms with Gasteiger partial charge >= 0.3 is 22.4 Å². The van der Waals surface area contributed by atoms with Crippen molar-refractivity contribution in [3.05, 3.63) is 0 Å². The number of carbonyl (C=O) groups excluding carboxylic acids is 1.